The van der Waals surface area contributed by atoms with Crippen LogP contribution in [0.2, 0.25) is 0 Å². The lowest BCUT2D eigenvalue weighted by molar-refractivity contribution is -0.0250. The number of halogens is 1. The molecule has 0 aromatic heterocycles. The van der Waals surface area contributed by atoms with Gasteiger partial charge >= 0.3 is 0 Å². The fraction of sp³-hybridized carbons (Fsp3) is 0.435. The number of ether oxygens (including phenoxy) is 1. The van der Waals surface area contributed by atoms with Crippen molar-refractivity contribution in [2.75, 3.05) is 26.2 Å². The molecule has 0 saturated carbocycles. The Hall–Kier alpha value is -2.40. The Bertz CT molecular complexity index is 751. The van der Waals surface area contributed by atoms with E-state index in [9.17, 15) is 4.39 Å². The summed E-state index contributed by atoms with van der Waals surface area (Å²) in [6.45, 7) is 5.09. The molecule has 28 heavy (non-hydrogen) atoms. The Balaban J connectivity index is 1.57. The minimum Gasteiger partial charge on any atom is -0.373 e. The average molecular weight is 384 g/mol. The summed E-state index contributed by atoms with van der Waals surface area (Å²) in [5.41, 5.74) is 2.21. The molecular formula is C23H30FN3O. The largest absolute Gasteiger partial charge is 0.373 e. The molecule has 0 spiro atoms. The van der Waals surface area contributed by atoms with Crippen LogP contribution in [-0.2, 0) is 11.2 Å². The minimum atomic E-state index is -0.192. The van der Waals surface area contributed by atoms with Gasteiger partial charge < -0.3 is 15.4 Å². The van der Waals surface area contributed by atoms with Crippen LogP contribution in [-0.4, -0.2) is 32.2 Å². The van der Waals surface area contributed by atoms with E-state index in [0.717, 1.165) is 50.5 Å². The number of rotatable bonds is 7. The number of hydrogen-bond acceptors (Lipinski definition) is 2. The zero-order chi connectivity index (χ0) is 19.6. The zero-order valence-electron chi connectivity index (χ0n) is 16.5. The zero-order valence-corrected chi connectivity index (χ0v) is 16.5. The summed E-state index contributed by atoms with van der Waals surface area (Å²) in [7, 11) is 0. The van der Waals surface area contributed by atoms with Gasteiger partial charge in [0.25, 0.3) is 0 Å². The maximum atomic E-state index is 13.3. The third kappa shape index (κ3) is 6.06. The van der Waals surface area contributed by atoms with E-state index in [2.05, 4.69) is 41.8 Å². The Labute approximate surface area is 167 Å². The van der Waals surface area contributed by atoms with Crippen LogP contribution >= 0.6 is 0 Å². The molecule has 2 unspecified atom stereocenters. The average Bonchev–Trinajstić information content (AvgIpc) is 2.73. The Morgan fingerprint density at radius 3 is 2.79 bits per heavy atom. The van der Waals surface area contributed by atoms with E-state index in [0.29, 0.717) is 12.5 Å². The lowest BCUT2D eigenvalue weighted by Crippen LogP contribution is -2.39. The fourth-order valence-electron chi connectivity index (χ4n) is 3.61. The van der Waals surface area contributed by atoms with Crippen molar-refractivity contribution in [3.8, 4) is 0 Å². The summed E-state index contributed by atoms with van der Waals surface area (Å²) in [6.07, 6.45) is 3.05. The van der Waals surface area contributed by atoms with Gasteiger partial charge in [-0.1, -0.05) is 42.5 Å². The van der Waals surface area contributed by atoms with Crippen LogP contribution in [0.5, 0.6) is 0 Å². The van der Waals surface area contributed by atoms with Crippen LogP contribution in [0.1, 0.15) is 37.0 Å². The van der Waals surface area contributed by atoms with Crippen molar-refractivity contribution in [2.24, 2.45) is 10.9 Å². The standard InChI is InChI=1S/C23H30FN3O/c1-2-25-23(26-14-13-18-8-6-12-21(24)16-18)27-17-20-11-7-15-28-22(20)19-9-4-3-5-10-19/h3-6,8-10,12,16,20,22H,2,7,11,13-15,17H2,1H3,(H2,25,26,27). The fourth-order valence-corrected chi connectivity index (χ4v) is 3.61. The number of nitrogens with one attached hydrogen (secondary N) is 2. The normalized spacial score (nSPS) is 20.0. The van der Waals surface area contributed by atoms with Gasteiger partial charge in [0.15, 0.2) is 5.96 Å². The number of nitrogens with zero attached hydrogens (tertiary/aromatic N) is 1. The first-order chi connectivity index (χ1) is 13.8. The molecule has 0 radical (unpaired) electrons. The molecule has 5 heteroatoms. The molecule has 0 bridgehead atoms. The van der Waals surface area contributed by atoms with E-state index in [1.165, 1.54) is 11.6 Å². The maximum absolute atomic E-state index is 13.3. The highest BCUT2D eigenvalue weighted by atomic mass is 19.1. The second kappa shape index (κ2) is 10.8. The molecule has 1 heterocycles. The first-order valence-corrected chi connectivity index (χ1v) is 10.2. The molecule has 4 nitrogen and oxygen atoms in total. The number of guanidine groups is 1. The summed E-state index contributed by atoms with van der Waals surface area (Å²) >= 11 is 0. The van der Waals surface area contributed by atoms with Gasteiger partial charge in [-0.3, -0.25) is 4.99 Å². The van der Waals surface area contributed by atoms with Crippen LogP contribution in [0, 0.1) is 11.7 Å². The molecule has 2 N–H and O–H groups in total. The molecule has 1 fully saturated rings. The molecule has 2 aromatic rings. The summed E-state index contributed by atoms with van der Waals surface area (Å²) < 4.78 is 19.4. The highest BCUT2D eigenvalue weighted by Crippen LogP contribution is 2.33. The molecule has 1 saturated heterocycles. The Kier molecular flexibility index (Phi) is 7.85. The van der Waals surface area contributed by atoms with Crippen molar-refractivity contribution in [1.82, 2.24) is 10.6 Å². The van der Waals surface area contributed by atoms with Crippen LogP contribution in [0.25, 0.3) is 0 Å². The van der Waals surface area contributed by atoms with Crippen LogP contribution in [0.3, 0.4) is 0 Å². The second-order valence-corrected chi connectivity index (χ2v) is 7.13. The highest BCUT2D eigenvalue weighted by molar-refractivity contribution is 5.79. The van der Waals surface area contributed by atoms with Crippen molar-refractivity contribution in [3.05, 3.63) is 71.5 Å². The lowest BCUT2D eigenvalue weighted by atomic mass is 9.89. The Morgan fingerprint density at radius 2 is 2.00 bits per heavy atom. The first-order valence-electron chi connectivity index (χ1n) is 10.2. The monoisotopic (exact) mass is 383 g/mol. The van der Waals surface area contributed by atoms with Crippen LogP contribution in [0.4, 0.5) is 4.39 Å². The van der Waals surface area contributed by atoms with E-state index in [-0.39, 0.29) is 11.9 Å². The van der Waals surface area contributed by atoms with Gasteiger partial charge in [-0.15, -0.1) is 0 Å². The molecule has 1 aliphatic heterocycles. The quantitative estimate of drug-likeness (QED) is 0.559. The molecule has 0 amide bonds. The summed E-state index contributed by atoms with van der Waals surface area (Å²) in [4.78, 5) is 4.80. The van der Waals surface area contributed by atoms with Crippen molar-refractivity contribution < 1.29 is 9.13 Å². The van der Waals surface area contributed by atoms with Gasteiger partial charge in [-0.05, 0) is 49.4 Å². The maximum Gasteiger partial charge on any atom is 0.191 e. The van der Waals surface area contributed by atoms with Crippen molar-refractivity contribution in [3.63, 3.8) is 0 Å². The molecular weight excluding hydrogens is 353 g/mol. The Morgan fingerprint density at radius 1 is 1.14 bits per heavy atom. The molecule has 2 aromatic carbocycles. The third-order valence-electron chi connectivity index (χ3n) is 5.00. The van der Waals surface area contributed by atoms with E-state index in [1.807, 2.05) is 12.1 Å². The topological polar surface area (TPSA) is 45.7 Å². The number of hydrogen-bond donors (Lipinski definition) is 2. The van der Waals surface area contributed by atoms with Gasteiger partial charge in [0.1, 0.15) is 5.82 Å². The number of aliphatic imine (C=N–C) groups is 1. The second-order valence-electron chi connectivity index (χ2n) is 7.13. The lowest BCUT2D eigenvalue weighted by Gasteiger charge is -2.31. The van der Waals surface area contributed by atoms with Gasteiger partial charge in [0.05, 0.1) is 6.10 Å². The van der Waals surface area contributed by atoms with E-state index < -0.39 is 0 Å². The van der Waals surface area contributed by atoms with E-state index in [4.69, 9.17) is 9.73 Å². The van der Waals surface area contributed by atoms with E-state index in [1.54, 1.807) is 12.1 Å². The van der Waals surface area contributed by atoms with Crippen LogP contribution < -0.4 is 10.6 Å². The van der Waals surface area contributed by atoms with Gasteiger partial charge in [0, 0.05) is 32.2 Å². The first kappa shape index (κ1) is 20.3. The van der Waals surface area contributed by atoms with Gasteiger partial charge in [-0.25, -0.2) is 4.39 Å². The van der Waals surface area contributed by atoms with E-state index >= 15 is 0 Å². The SMILES string of the molecule is CCNC(=NCC1CCCOC1c1ccccc1)NCCc1cccc(F)c1. The predicted molar refractivity (Wildman–Crippen MR) is 112 cm³/mol. The minimum absolute atomic E-state index is 0.105. The van der Waals surface area contributed by atoms with Crippen molar-refractivity contribution >= 4 is 5.96 Å². The molecule has 2 atom stereocenters. The van der Waals surface area contributed by atoms with Gasteiger partial charge in [0.2, 0.25) is 0 Å². The number of benzene rings is 2. The molecule has 3 rings (SSSR count). The third-order valence-corrected chi connectivity index (χ3v) is 5.00. The summed E-state index contributed by atoms with van der Waals surface area (Å²) in [5.74, 6) is 0.980. The smallest absolute Gasteiger partial charge is 0.191 e. The molecule has 1 aliphatic rings. The van der Waals surface area contributed by atoms with Crippen molar-refractivity contribution in [2.45, 2.75) is 32.3 Å². The highest BCUT2D eigenvalue weighted by Gasteiger charge is 2.27. The van der Waals surface area contributed by atoms with Crippen molar-refractivity contribution in [1.29, 1.82) is 0 Å². The summed E-state index contributed by atoms with van der Waals surface area (Å²) in [5, 5.41) is 6.66. The molecule has 0 aliphatic carbocycles. The summed E-state index contributed by atoms with van der Waals surface area (Å²) in [6, 6.07) is 17.2. The predicted octanol–water partition coefficient (Wildman–Crippen LogP) is 4.09. The molecule has 150 valence electrons. The van der Waals surface area contributed by atoms with Crippen LogP contribution in [0.15, 0.2) is 59.6 Å². The van der Waals surface area contributed by atoms with Gasteiger partial charge in [-0.2, -0.15) is 0 Å².